The summed E-state index contributed by atoms with van der Waals surface area (Å²) in [4.78, 5) is 48.8. The SMILES string of the molecule is CCC(C)[C@@H](C(=O)N1C[C@H](O)C[C@H]1C(=O)NCc1ccc(-c2scnc2C)cc1)N1Cc2ccc(F)cc2C1=O. The molecule has 0 radical (unpaired) electrons. The number of hydrogen-bond acceptors (Lipinski definition) is 6. The minimum absolute atomic E-state index is 0.0103. The highest BCUT2D eigenvalue weighted by atomic mass is 32.1. The van der Waals surface area contributed by atoms with Crippen LogP contribution in [0, 0.1) is 18.7 Å². The van der Waals surface area contributed by atoms with Crippen LogP contribution in [0.3, 0.4) is 0 Å². The van der Waals surface area contributed by atoms with Crippen molar-refractivity contribution < 1.29 is 23.9 Å². The summed E-state index contributed by atoms with van der Waals surface area (Å²) in [6, 6.07) is 10.3. The van der Waals surface area contributed by atoms with Crippen molar-refractivity contribution >= 4 is 29.1 Å². The first kappa shape index (κ1) is 27.9. The van der Waals surface area contributed by atoms with Gasteiger partial charge in [0.05, 0.1) is 22.2 Å². The van der Waals surface area contributed by atoms with Gasteiger partial charge in [-0.15, -0.1) is 11.3 Å². The third-order valence-electron chi connectivity index (χ3n) is 7.97. The molecule has 2 aromatic carbocycles. The van der Waals surface area contributed by atoms with E-state index in [2.05, 4.69) is 10.3 Å². The molecule has 0 saturated carbocycles. The Morgan fingerprint density at radius 3 is 2.65 bits per heavy atom. The van der Waals surface area contributed by atoms with E-state index in [0.717, 1.165) is 21.7 Å². The summed E-state index contributed by atoms with van der Waals surface area (Å²) in [5.74, 6) is -1.85. The minimum Gasteiger partial charge on any atom is -0.391 e. The zero-order chi connectivity index (χ0) is 28.6. The van der Waals surface area contributed by atoms with E-state index in [4.69, 9.17) is 0 Å². The topological polar surface area (TPSA) is 103 Å². The van der Waals surface area contributed by atoms with Gasteiger partial charge in [-0.3, -0.25) is 14.4 Å². The lowest BCUT2D eigenvalue weighted by Gasteiger charge is -2.36. The minimum atomic E-state index is -0.856. The lowest BCUT2D eigenvalue weighted by molar-refractivity contribution is -0.143. The number of aryl methyl sites for hydroxylation is 1. The molecule has 2 N–H and O–H groups in total. The fraction of sp³-hybridized carbons (Fsp3) is 0.400. The van der Waals surface area contributed by atoms with Crippen LogP contribution in [0.4, 0.5) is 4.39 Å². The predicted molar refractivity (Wildman–Crippen MR) is 150 cm³/mol. The van der Waals surface area contributed by atoms with Gasteiger partial charge in [-0.25, -0.2) is 9.37 Å². The molecule has 2 aliphatic rings. The van der Waals surface area contributed by atoms with Crippen LogP contribution in [0.5, 0.6) is 0 Å². The van der Waals surface area contributed by atoms with Gasteiger partial charge in [0.25, 0.3) is 5.91 Å². The van der Waals surface area contributed by atoms with E-state index in [-0.39, 0.29) is 49.4 Å². The number of fused-ring (bicyclic) bond motifs is 1. The van der Waals surface area contributed by atoms with Crippen molar-refractivity contribution in [1.29, 1.82) is 0 Å². The first-order valence-electron chi connectivity index (χ1n) is 13.5. The van der Waals surface area contributed by atoms with Gasteiger partial charge in [0.2, 0.25) is 11.8 Å². The van der Waals surface area contributed by atoms with Crippen molar-refractivity contribution in [1.82, 2.24) is 20.1 Å². The van der Waals surface area contributed by atoms with Gasteiger partial charge in [-0.1, -0.05) is 50.6 Å². The first-order chi connectivity index (χ1) is 19.2. The number of thiazole rings is 1. The van der Waals surface area contributed by atoms with E-state index in [9.17, 15) is 23.9 Å². The second-order valence-corrected chi connectivity index (χ2v) is 11.5. The van der Waals surface area contributed by atoms with Crippen molar-refractivity contribution in [3.05, 3.63) is 76.2 Å². The lowest BCUT2D eigenvalue weighted by atomic mass is 9.95. The Bertz CT molecular complexity index is 1430. The third kappa shape index (κ3) is 5.38. The van der Waals surface area contributed by atoms with Gasteiger partial charge in [-0.05, 0) is 41.7 Å². The fourth-order valence-electron chi connectivity index (χ4n) is 5.56. The quantitative estimate of drug-likeness (QED) is 0.432. The number of likely N-dealkylation sites (tertiary alicyclic amines) is 1. The molecule has 4 atom stereocenters. The van der Waals surface area contributed by atoms with Crippen molar-refractivity contribution in [2.24, 2.45) is 5.92 Å². The largest absolute Gasteiger partial charge is 0.391 e. The Morgan fingerprint density at radius 2 is 1.98 bits per heavy atom. The summed E-state index contributed by atoms with van der Waals surface area (Å²) in [6.07, 6.45) is -0.108. The Kier molecular flexibility index (Phi) is 8.00. The average molecular weight is 565 g/mol. The van der Waals surface area contributed by atoms with Crippen LogP contribution >= 0.6 is 11.3 Å². The van der Waals surface area contributed by atoms with Gasteiger partial charge >= 0.3 is 0 Å². The Balaban J connectivity index is 1.29. The Hall–Kier alpha value is -3.63. The summed E-state index contributed by atoms with van der Waals surface area (Å²) < 4.78 is 13.9. The summed E-state index contributed by atoms with van der Waals surface area (Å²) >= 11 is 1.58. The van der Waals surface area contributed by atoms with Crippen LogP contribution in [-0.4, -0.2) is 62.3 Å². The summed E-state index contributed by atoms with van der Waals surface area (Å²) in [6.45, 7) is 6.26. The van der Waals surface area contributed by atoms with E-state index in [1.807, 2.05) is 50.5 Å². The number of hydrogen-bond donors (Lipinski definition) is 2. The van der Waals surface area contributed by atoms with Gasteiger partial charge < -0.3 is 20.2 Å². The standard InChI is InChI=1S/C30H33FN4O4S/c1-4-17(2)26(35-14-21-9-10-22(31)11-24(21)29(35)38)30(39)34-15-23(36)12-25(34)28(37)32-13-19-5-7-20(8-6-19)27-18(3)33-16-40-27/h5-11,16-17,23,25-26,36H,4,12-15H2,1-3H3,(H,32,37)/t17?,23-,25+,26+/m1/s1. The van der Waals surface area contributed by atoms with E-state index in [1.54, 1.807) is 17.4 Å². The van der Waals surface area contributed by atoms with Crippen LogP contribution in [0.1, 0.15) is 53.9 Å². The molecular weight excluding hydrogens is 531 g/mol. The maximum atomic E-state index is 14.0. The summed E-state index contributed by atoms with van der Waals surface area (Å²) in [5, 5.41) is 13.4. The van der Waals surface area contributed by atoms with Gasteiger partial charge in [-0.2, -0.15) is 0 Å². The smallest absolute Gasteiger partial charge is 0.255 e. The number of carbonyl (C=O) groups excluding carboxylic acids is 3. The van der Waals surface area contributed by atoms with Crippen LogP contribution in [0.2, 0.25) is 0 Å². The number of aromatic nitrogens is 1. The number of carbonyl (C=O) groups is 3. The van der Waals surface area contributed by atoms with Crippen LogP contribution in [0.15, 0.2) is 48.0 Å². The Labute approximate surface area is 236 Å². The fourth-order valence-corrected chi connectivity index (χ4v) is 6.37. The highest BCUT2D eigenvalue weighted by molar-refractivity contribution is 7.13. The second-order valence-electron chi connectivity index (χ2n) is 10.6. The number of nitrogens with one attached hydrogen (secondary N) is 1. The van der Waals surface area contributed by atoms with E-state index in [1.165, 1.54) is 21.9 Å². The number of aliphatic hydroxyl groups excluding tert-OH is 1. The molecule has 5 rings (SSSR count). The van der Waals surface area contributed by atoms with Crippen molar-refractivity contribution in [2.75, 3.05) is 6.54 Å². The molecule has 210 valence electrons. The molecule has 0 spiro atoms. The van der Waals surface area contributed by atoms with Gasteiger partial charge in [0.15, 0.2) is 0 Å². The molecule has 40 heavy (non-hydrogen) atoms. The molecule has 0 bridgehead atoms. The van der Waals surface area contributed by atoms with Crippen LogP contribution in [0.25, 0.3) is 10.4 Å². The zero-order valence-corrected chi connectivity index (χ0v) is 23.6. The molecule has 3 amide bonds. The number of nitrogens with zero attached hydrogens (tertiary/aromatic N) is 3. The number of benzene rings is 2. The summed E-state index contributed by atoms with van der Waals surface area (Å²) in [5.41, 5.74) is 5.67. The Morgan fingerprint density at radius 1 is 1.23 bits per heavy atom. The normalized spacial score (nSPS) is 20.0. The maximum absolute atomic E-state index is 14.0. The lowest BCUT2D eigenvalue weighted by Crippen LogP contribution is -2.55. The number of aliphatic hydroxyl groups is 1. The molecule has 1 unspecified atom stereocenters. The van der Waals surface area contributed by atoms with E-state index in [0.29, 0.717) is 12.0 Å². The molecule has 8 nitrogen and oxygen atoms in total. The van der Waals surface area contributed by atoms with Crippen molar-refractivity contribution in [2.45, 2.75) is 64.9 Å². The molecular formula is C30H33FN4O4S. The number of β-amino-alcohol motifs (C(OH)–C–C–N with tert-alkyl or cyclic N) is 1. The summed E-state index contributed by atoms with van der Waals surface area (Å²) in [7, 11) is 0. The highest BCUT2D eigenvalue weighted by Gasteiger charge is 2.46. The average Bonchev–Trinajstić information content (AvgIpc) is 3.64. The number of halogens is 1. The molecule has 1 aromatic heterocycles. The van der Waals surface area contributed by atoms with Crippen molar-refractivity contribution in [3.63, 3.8) is 0 Å². The van der Waals surface area contributed by atoms with Gasteiger partial charge in [0.1, 0.15) is 17.9 Å². The van der Waals surface area contributed by atoms with E-state index >= 15 is 0 Å². The molecule has 1 saturated heterocycles. The van der Waals surface area contributed by atoms with Crippen molar-refractivity contribution in [3.8, 4) is 10.4 Å². The number of amides is 3. The molecule has 3 aromatic rings. The molecule has 0 aliphatic carbocycles. The van der Waals surface area contributed by atoms with Crippen LogP contribution in [-0.2, 0) is 22.7 Å². The number of rotatable bonds is 8. The van der Waals surface area contributed by atoms with E-state index < -0.39 is 29.9 Å². The van der Waals surface area contributed by atoms with Crippen LogP contribution < -0.4 is 5.32 Å². The monoisotopic (exact) mass is 564 g/mol. The molecule has 10 heteroatoms. The van der Waals surface area contributed by atoms with Gasteiger partial charge in [0, 0.05) is 31.6 Å². The maximum Gasteiger partial charge on any atom is 0.255 e. The predicted octanol–water partition coefficient (Wildman–Crippen LogP) is 3.91. The molecule has 1 fully saturated rings. The second kappa shape index (κ2) is 11.5. The molecule has 3 heterocycles. The highest BCUT2D eigenvalue weighted by Crippen LogP contribution is 2.32. The first-order valence-corrected chi connectivity index (χ1v) is 14.4. The third-order valence-corrected chi connectivity index (χ3v) is 8.95. The zero-order valence-electron chi connectivity index (χ0n) is 22.8. The molecule has 2 aliphatic heterocycles.